The topological polar surface area (TPSA) is 95.5 Å². The molecule has 1 aliphatic heterocycles. The summed E-state index contributed by atoms with van der Waals surface area (Å²) in [5, 5.41) is 2.92. The van der Waals surface area contributed by atoms with Gasteiger partial charge in [0.1, 0.15) is 5.82 Å². The van der Waals surface area contributed by atoms with Gasteiger partial charge in [0.05, 0.1) is 17.3 Å². The summed E-state index contributed by atoms with van der Waals surface area (Å²) in [6, 6.07) is 9.14. The summed E-state index contributed by atoms with van der Waals surface area (Å²) in [7, 11) is -3.66. The molecule has 9 heteroatoms. The second kappa shape index (κ2) is 10.3. The van der Waals surface area contributed by atoms with Crippen molar-refractivity contribution >= 4 is 16.1 Å². The second-order valence-corrected chi connectivity index (χ2v) is 9.48. The number of hydrogen-bond acceptors (Lipinski definition) is 5. The number of nitrogens with one attached hydrogen (secondary N) is 1. The van der Waals surface area contributed by atoms with E-state index in [0.29, 0.717) is 49.7 Å². The SMILES string of the molecule is CCN(CC)S(=O)(=O)N1CCCC[C@@H]1c1nc(C)ncc1C(=O)NCc1ccccc1. The molecule has 2 aromatic rings. The highest BCUT2D eigenvalue weighted by atomic mass is 32.2. The third kappa shape index (κ3) is 5.28. The monoisotopic (exact) mass is 445 g/mol. The molecular weight excluding hydrogens is 414 g/mol. The maximum absolute atomic E-state index is 13.3. The van der Waals surface area contributed by atoms with Gasteiger partial charge in [-0.2, -0.15) is 17.0 Å². The van der Waals surface area contributed by atoms with Crippen molar-refractivity contribution in [3.8, 4) is 0 Å². The van der Waals surface area contributed by atoms with Crippen LogP contribution in [-0.2, 0) is 16.8 Å². The van der Waals surface area contributed by atoms with Crippen molar-refractivity contribution in [3.05, 3.63) is 59.2 Å². The van der Waals surface area contributed by atoms with Gasteiger partial charge < -0.3 is 5.32 Å². The predicted octanol–water partition coefficient (Wildman–Crippen LogP) is 2.83. The quantitative estimate of drug-likeness (QED) is 0.674. The molecule has 2 heterocycles. The van der Waals surface area contributed by atoms with Gasteiger partial charge in [0.15, 0.2) is 0 Å². The van der Waals surface area contributed by atoms with Crippen molar-refractivity contribution in [2.75, 3.05) is 19.6 Å². The van der Waals surface area contributed by atoms with Crippen LogP contribution in [-0.4, -0.2) is 52.5 Å². The second-order valence-electron chi connectivity index (χ2n) is 7.60. The van der Waals surface area contributed by atoms with Crippen LogP contribution in [0.3, 0.4) is 0 Å². The van der Waals surface area contributed by atoms with Gasteiger partial charge in [-0.25, -0.2) is 9.97 Å². The van der Waals surface area contributed by atoms with Crippen LogP contribution >= 0.6 is 0 Å². The lowest BCUT2D eigenvalue weighted by molar-refractivity contribution is 0.0945. The first-order valence-corrected chi connectivity index (χ1v) is 12.2. The molecule has 31 heavy (non-hydrogen) atoms. The fourth-order valence-corrected chi connectivity index (χ4v) is 5.78. The zero-order chi connectivity index (χ0) is 22.4. The van der Waals surface area contributed by atoms with Gasteiger partial charge in [0.25, 0.3) is 16.1 Å². The Bertz CT molecular complexity index is 993. The number of rotatable bonds is 8. The van der Waals surface area contributed by atoms with Crippen LogP contribution in [0.2, 0.25) is 0 Å². The molecule has 0 bridgehead atoms. The number of benzene rings is 1. The Morgan fingerprint density at radius 2 is 1.90 bits per heavy atom. The van der Waals surface area contributed by atoms with Crippen LogP contribution < -0.4 is 5.32 Å². The number of hydrogen-bond donors (Lipinski definition) is 1. The van der Waals surface area contributed by atoms with Crippen molar-refractivity contribution in [3.63, 3.8) is 0 Å². The van der Waals surface area contributed by atoms with E-state index in [4.69, 9.17) is 0 Å². The summed E-state index contributed by atoms with van der Waals surface area (Å²) >= 11 is 0. The zero-order valence-corrected chi connectivity index (χ0v) is 19.2. The minimum absolute atomic E-state index is 0.301. The van der Waals surface area contributed by atoms with Crippen molar-refractivity contribution < 1.29 is 13.2 Å². The summed E-state index contributed by atoms with van der Waals surface area (Å²) in [5.41, 5.74) is 1.79. The molecule has 0 spiro atoms. The standard InChI is InChI=1S/C22H31N5O3S/c1-4-26(5-2)31(29,30)27-14-10-9-13-20(27)21-19(16-23-17(3)25-21)22(28)24-15-18-11-7-6-8-12-18/h6-8,11-12,16,20H,4-5,9-10,13-15H2,1-3H3,(H,24,28)/t20-/m1/s1. The lowest BCUT2D eigenvalue weighted by Crippen LogP contribution is -2.47. The number of piperidine rings is 1. The van der Waals surface area contributed by atoms with Gasteiger partial charge in [-0.05, 0) is 25.3 Å². The Labute approximate surface area is 184 Å². The summed E-state index contributed by atoms with van der Waals surface area (Å²) in [6.45, 7) is 7.00. The smallest absolute Gasteiger partial charge is 0.282 e. The van der Waals surface area contributed by atoms with Gasteiger partial charge in [-0.1, -0.05) is 50.6 Å². The van der Waals surface area contributed by atoms with E-state index < -0.39 is 16.3 Å². The molecule has 1 amide bonds. The molecule has 1 fully saturated rings. The van der Waals surface area contributed by atoms with E-state index in [1.54, 1.807) is 6.92 Å². The van der Waals surface area contributed by atoms with Gasteiger partial charge >= 0.3 is 0 Å². The lowest BCUT2D eigenvalue weighted by atomic mass is 9.98. The van der Waals surface area contributed by atoms with E-state index in [-0.39, 0.29) is 5.91 Å². The highest BCUT2D eigenvalue weighted by Crippen LogP contribution is 2.34. The van der Waals surface area contributed by atoms with Gasteiger partial charge in [-0.3, -0.25) is 4.79 Å². The Kier molecular flexibility index (Phi) is 7.74. The van der Waals surface area contributed by atoms with Crippen molar-refractivity contribution in [1.29, 1.82) is 0 Å². The highest BCUT2D eigenvalue weighted by Gasteiger charge is 2.38. The molecule has 3 rings (SSSR count). The molecule has 168 valence electrons. The zero-order valence-electron chi connectivity index (χ0n) is 18.4. The first-order chi connectivity index (χ1) is 14.9. The molecule has 0 radical (unpaired) electrons. The average Bonchev–Trinajstić information content (AvgIpc) is 2.78. The molecular formula is C22H31N5O3S. The van der Waals surface area contributed by atoms with Crippen LogP contribution in [0.5, 0.6) is 0 Å². The minimum atomic E-state index is -3.66. The summed E-state index contributed by atoms with van der Waals surface area (Å²) in [6.07, 6.45) is 3.80. The summed E-state index contributed by atoms with van der Waals surface area (Å²) in [4.78, 5) is 21.8. The number of amides is 1. The molecule has 0 unspecified atom stereocenters. The summed E-state index contributed by atoms with van der Waals surface area (Å²) in [5.74, 6) is 0.213. The number of carbonyl (C=O) groups excluding carboxylic acids is 1. The number of aryl methyl sites for hydroxylation is 1. The predicted molar refractivity (Wildman–Crippen MR) is 120 cm³/mol. The molecule has 8 nitrogen and oxygen atoms in total. The first-order valence-electron chi connectivity index (χ1n) is 10.8. The molecule has 1 aromatic heterocycles. The fourth-order valence-electron chi connectivity index (χ4n) is 3.94. The number of carbonyl (C=O) groups is 1. The van der Waals surface area contributed by atoms with E-state index in [0.717, 1.165) is 18.4 Å². The van der Waals surface area contributed by atoms with Crippen LogP contribution in [0.25, 0.3) is 0 Å². The Hall–Kier alpha value is -2.36. The lowest BCUT2D eigenvalue weighted by Gasteiger charge is -2.37. The van der Waals surface area contributed by atoms with Gasteiger partial charge in [-0.15, -0.1) is 0 Å². The fraction of sp³-hybridized carbons (Fsp3) is 0.500. The number of nitrogens with zero attached hydrogens (tertiary/aromatic N) is 4. The Morgan fingerprint density at radius 3 is 2.58 bits per heavy atom. The van der Waals surface area contributed by atoms with Crippen molar-refractivity contribution in [1.82, 2.24) is 23.9 Å². The third-order valence-corrected chi connectivity index (χ3v) is 7.78. The van der Waals surface area contributed by atoms with Gasteiger partial charge in [0, 0.05) is 32.4 Å². The van der Waals surface area contributed by atoms with E-state index in [1.807, 2.05) is 44.2 Å². The van der Waals surface area contributed by atoms with Crippen LogP contribution in [0.1, 0.15) is 66.6 Å². The molecule has 1 saturated heterocycles. The van der Waals surface area contributed by atoms with Crippen LogP contribution in [0, 0.1) is 6.92 Å². The summed E-state index contributed by atoms with van der Waals surface area (Å²) < 4.78 is 29.6. The Balaban J connectivity index is 1.93. The Morgan fingerprint density at radius 1 is 1.19 bits per heavy atom. The third-order valence-electron chi connectivity index (χ3n) is 5.58. The van der Waals surface area contributed by atoms with Gasteiger partial charge in [0.2, 0.25) is 0 Å². The minimum Gasteiger partial charge on any atom is -0.348 e. The maximum Gasteiger partial charge on any atom is 0.282 e. The number of aromatic nitrogens is 2. The van der Waals surface area contributed by atoms with Crippen molar-refractivity contribution in [2.45, 2.75) is 52.6 Å². The van der Waals surface area contributed by atoms with E-state index >= 15 is 0 Å². The molecule has 1 atom stereocenters. The van der Waals surface area contributed by atoms with E-state index in [2.05, 4.69) is 15.3 Å². The van der Waals surface area contributed by atoms with Crippen LogP contribution in [0.4, 0.5) is 0 Å². The molecule has 1 aromatic carbocycles. The maximum atomic E-state index is 13.3. The van der Waals surface area contributed by atoms with Crippen LogP contribution in [0.15, 0.2) is 36.5 Å². The van der Waals surface area contributed by atoms with Crippen molar-refractivity contribution in [2.24, 2.45) is 0 Å². The largest absolute Gasteiger partial charge is 0.348 e. The van der Waals surface area contributed by atoms with E-state index in [1.165, 1.54) is 14.8 Å². The highest BCUT2D eigenvalue weighted by molar-refractivity contribution is 7.86. The van der Waals surface area contributed by atoms with E-state index in [9.17, 15) is 13.2 Å². The normalized spacial score (nSPS) is 17.6. The molecule has 1 N–H and O–H groups in total. The average molecular weight is 446 g/mol. The molecule has 1 aliphatic rings. The first kappa shape index (κ1) is 23.3. The molecule has 0 aliphatic carbocycles. The molecule has 0 saturated carbocycles.